The van der Waals surface area contributed by atoms with Gasteiger partial charge < -0.3 is 19.3 Å². The lowest BCUT2D eigenvalue weighted by atomic mass is 9.95. The average molecular weight is 440 g/mol. The second-order valence-corrected chi connectivity index (χ2v) is 7.59. The SMILES string of the molecule is COC(CCCC(C)(Oc1c(C)cccc1C)C(=O)O)c1ccc(OC(F)(F)F)cc1. The summed E-state index contributed by atoms with van der Waals surface area (Å²) < 4.78 is 52.2. The fourth-order valence-electron chi connectivity index (χ4n) is 3.32. The summed E-state index contributed by atoms with van der Waals surface area (Å²) in [6.07, 6.45) is -4.00. The molecule has 0 fully saturated rings. The first kappa shape index (κ1) is 24.5. The van der Waals surface area contributed by atoms with Crippen molar-refractivity contribution < 1.29 is 37.3 Å². The van der Waals surface area contributed by atoms with Crippen molar-refractivity contribution in [1.82, 2.24) is 0 Å². The van der Waals surface area contributed by atoms with Gasteiger partial charge in [-0.2, -0.15) is 0 Å². The van der Waals surface area contributed by atoms with E-state index in [-0.39, 0.29) is 12.2 Å². The van der Waals surface area contributed by atoms with Crippen LogP contribution in [-0.4, -0.2) is 30.1 Å². The number of alkyl halides is 3. The van der Waals surface area contributed by atoms with Gasteiger partial charge in [0.15, 0.2) is 0 Å². The van der Waals surface area contributed by atoms with Crippen molar-refractivity contribution in [2.24, 2.45) is 0 Å². The molecule has 2 unspecified atom stereocenters. The Kier molecular flexibility index (Phi) is 7.95. The first-order valence-corrected chi connectivity index (χ1v) is 9.82. The van der Waals surface area contributed by atoms with Gasteiger partial charge >= 0.3 is 12.3 Å². The van der Waals surface area contributed by atoms with Crippen LogP contribution in [-0.2, 0) is 9.53 Å². The van der Waals surface area contributed by atoms with E-state index in [2.05, 4.69) is 4.74 Å². The van der Waals surface area contributed by atoms with E-state index < -0.39 is 24.0 Å². The highest BCUT2D eigenvalue weighted by Crippen LogP contribution is 2.32. The lowest BCUT2D eigenvalue weighted by Crippen LogP contribution is -2.41. The van der Waals surface area contributed by atoms with Crippen molar-refractivity contribution in [2.45, 2.75) is 58.1 Å². The number of carboxylic acids is 1. The van der Waals surface area contributed by atoms with E-state index in [1.54, 1.807) is 0 Å². The third-order valence-electron chi connectivity index (χ3n) is 5.08. The lowest BCUT2D eigenvalue weighted by molar-refractivity contribution is -0.274. The Bertz CT molecular complexity index is 860. The third kappa shape index (κ3) is 6.89. The van der Waals surface area contributed by atoms with Gasteiger partial charge in [-0.1, -0.05) is 30.3 Å². The highest BCUT2D eigenvalue weighted by Gasteiger charge is 2.36. The number of methoxy groups -OCH3 is 1. The van der Waals surface area contributed by atoms with Crippen molar-refractivity contribution in [3.63, 3.8) is 0 Å². The maximum Gasteiger partial charge on any atom is 0.573 e. The second-order valence-electron chi connectivity index (χ2n) is 7.59. The first-order valence-electron chi connectivity index (χ1n) is 9.82. The molecule has 31 heavy (non-hydrogen) atoms. The molecular formula is C23H27F3O5. The summed E-state index contributed by atoms with van der Waals surface area (Å²) in [5.41, 5.74) is 0.941. The Morgan fingerprint density at radius 2 is 1.61 bits per heavy atom. The van der Waals surface area contributed by atoms with Gasteiger partial charge in [0.25, 0.3) is 0 Å². The summed E-state index contributed by atoms with van der Waals surface area (Å²) in [5, 5.41) is 9.78. The maximum absolute atomic E-state index is 12.3. The summed E-state index contributed by atoms with van der Waals surface area (Å²) in [6, 6.07) is 11.0. The number of rotatable bonds is 10. The molecule has 0 spiro atoms. The third-order valence-corrected chi connectivity index (χ3v) is 5.08. The summed E-state index contributed by atoms with van der Waals surface area (Å²) in [5.74, 6) is -0.833. The van der Waals surface area contributed by atoms with Crippen molar-refractivity contribution in [3.05, 3.63) is 59.2 Å². The number of para-hydroxylation sites is 1. The van der Waals surface area contributed by atoms with Crippen LogP contribution in [0.4, 0.5) is 13.2 Å². The average Bonchev–Trinajstić information content (AvgIpc) is 2.68. The van der Waals surface area contributed by atoms with Gasteiger partial charge in [0.1, 0.15) is 11.5 Å². The van der Waals surface area contributed by atoms with E-state index in [1.165, 1.54) is 38.3 Å². The van der Waals surface area contributed by atoms with Crippen LogP contribution >= 0.6 is 0 Å². The molecule has 0 amide bonds. The Morgan fingerprint density at radius 1 is 1.03 bits per heavy atom. The number of halogens is 3. The van der Waals surface area contributed by atoms with Crippen molar-refractivity contribution in [3.8, 4) is 11.5 Å². The van der Waals surface area contributed by atoms with E-state index in [1.807, 2.05) is 32.0 Å². The van der Waals surface area contributed by atoms with Crippen LogP contribution in [0.3, 0.4) is 0 Å². The van der Waals surface area contributed by atoms with E-state index in [9.17, 15) is 23.1 Å². The Labute approximate surface area is 179 Å². The Balaban J connectivity index is 2.04. The van der Waals surface area contributed by atoms with Gasteiger partial charge in [0.2, 0.25) is 5.60 Å². The van der Waals surface area contributed by atoms with Crippen LogP contribution in [0.1, 0.15) is 49.0 Å². The Morgan fingerprint density at radius 3 is 2.10 bits per heavy atom. The molecule has 2 rings (SSSR count). The molecule has 1 N–H and O–H groups in total. The predicted octanol–water partition coefficient (Wildman–Crippen LogP) is 5.98. The molecule has 0 aliphatic rings. The molecule has 2 atom stereocenters. The predicted molar refractivity (Wildman–Crippen MR) is 109 cm³/mol. The van der Waals surface area contributed by atoms with E-state index >= 15 is 0 Å². The quantitative estimate of drug-likeness (QED) is 0.492. The number of carboxylic acid groups (broad SMARTS) is 1. The number of hydrogen-bond acceptors (Lipinski definition) is 4. The summed E-state index contributed by atoms with van der Waals surface area (Å²) in [4.78, 5) is 12.0. The highest BCUT2D eigenvalue weighted by atomic mass is 19.4. The van der Waals surface area contributed by atoms with Crippen LogP contribution in [0.25, 0.3) is 0 Å². The zero-order valence-electron chi connectivity index (χ0n) is 18.0. The van der Waals surface area contributed by atoms with Crippen LogP contribution < -0.4 is 9.47 Å². The topological polar surface area (TPSA) is 65.0 Å². The minimum atomic E-state index is -4.75. The monoisotopic (exact) mass is 440 g/mol. The summed E-state index contributed by atoms with van der Waals surface area (Å²) in [6.45, 7) is 5.25. The highest BCUT2D eigenvalue weighted by molar-refractivity contribution is 5.77. The molecule has 0 saturated carbocycles. The molecule has 2 aromatic rings. The molecule has 0 heterocycles. The molecule has 8 heteroatoms. The molecule has 2 aromatic carbocycles. The van der Waals surface area contributed by atoms with Crippen LogP contribution in [0.2, 0.25) is 0 Å². The van der Waals surface area contributed by atoms with E-state index in [0.29, 0.717) is 24.2 Å². The molecule has 5 nitrogen and oxygen atoms in total. The summed E-state index contributed by atoms with van der Waals surface area (Å²) >= 11 is 0. The number of benzene rings is 2. The number of carbonyl (C=O) groups is 1. The van der Waals surface area contributed by atoms with Crippen LogP contribution in [0.5, 0.6) is 11.5 Å². The zero-order chi connectivity index (χ0) is 23.2. The smallest absolute Gasteiger partial charge is 0.478 e. The maximum atomic E-state index is 12.3. The fraction of sp³-hybridized carbons (Fsp3) is 0.435. The minimum absolute atomic E-state index is 0.227. The first-order chi connectivity index (χ1) is 14.4. The van der Waals surface area contributed by atoms with Crippen LogP contribution in [0, 0.1) is 13.8 Å². The van der Waals surface area contributed by atoms with Gasteiger partial charge in [-0.05, 0) is 68.9 Å². The van der Waals surface area contributed by atoms with Crippen LogP contribution in [0.15, 0.2) is 42.5 Å². The second kappa shape index (κ2) is 10.0. The van der Waals surface area contributed by atoms with Crippen molar-refractivity contribution >= 4 is 5.97 Å². The molecule has 0 aliphatic carbocycles. The molecule has 170 valence electrons. The van der Waals surface area contributed by atoms with Crippen molar-refractivity contribution in [1.29, 1.82) is 0 Å². The molecule has 0 aliphatic heterocycles. The summed E-state index contributed by atoms with van der Waals surface area (Å²) in [7, 11) is 1.49. The molecule has 0 radical (unpaired) electrons. The zero-order valence-corrected chi connectivity index (χ0v) is 18.0. The molecular weight excluding hydrogens is 413 g/mol. The molecule has 0 aromatic heterocycles. The van der Waals surface area contributed by atoms with Gasteiger partial charge in [-0.15, -0.1) is 13.2 Å². The normalized spacial score (nSPS) is 14.5. The lowest BCUT2D eigenvalue weighted by Gasteiger charge is -2.29. The van der Waals surface area contributed by atoms with Gasteiger partial charge in [0.05, 0.1) is 6.10 Å². The van der Waals surface area contributed by atoms with Gasteiger partial charge in [-0.3, -0.25) is 0 Å². The van der Waals surface area contributed by atoms with Crippen molar-refractivity contribution in [2.75, 3.05) is 7.11 Å². The molecule has 0 bridgehead atoms. The van der Waals surface area contributed by atoms with Gasteiger partial charge in [0, 0.05) is 7.11 Å². The fourth-order valence-corrected chi connectivity index (χ4v) is 3.32. The minimum Gasteiger partial charge on any atom is -0.478 e. The largest absolute Gasteiger partial charge is 0.573 e. The van der Waals surface area contributed by atoms with E-state index in [4.69, 9.17) is 9.47 Å². The standard InChI is InChI=1S/C23H27F3O5/c1-15-7-5-8-16(2)20(15)31-22(3,21(27)28)14-6-9-19(29-4)17-10-12-18(13-11-17)30-23(24,25)26/h5,7-8,10-13,19H,6,9,14H2,1-4H3,(H,27,28). The molecule has 0 saturated heterocycles. The van der Waals surface area contributed by atoms with Gasteiger partial charge in [-0.25, -0.2) is 4.79 Å². The number of hydrogen-bond donors (Lipinski definition) is 1. The number of aliphatic carboxylic acids is 1. The number of aryl methyl sites for hydroxylation is 2. The number of ether oxygens (including phenoxy) is 3. The van der Waals surface area contributed by atoms with E-state index in [0.717, 1.165) is 11.1 Å². The Hall–Kier alpha value is -2.74.